The Bertz CT molecular complexity index is 608. The van der Waals surface area contributed by atoms with Crippen molar-refractivity contribution in [2.24, 2.45) is 20.4 Å². The maximum absolute atomic E-state index is 11.6. The quantitative estimate of drug-likeness (QED) is 0.330. The number of rotatable bonds is 8. The topological polar surface area (TPSA) is 116 Å². The van der Waals surface area contributed by atoms with Crippen molar-refractivity contribution >= 4 is 24.4 Å². The van der Waals surface area contributed by atoms with Gasteiger partial charge in [0.15, 0.2) is 0 Å². The summed E-state index contributed by atoms with van der Waals surface area (Å²) in [6, 6.07) is 7.25. The first-order chi connectivity index (χ1) is 11.1. The lowest BCUT2D eigenvalue weighted by molar-refractivity contribution is -0.137. The van der Waals surface area contributed by atoms with Crippen LogP contribution in [0.5, 0.6) is 0 Å². The number of carboxylic acid groups (broad SMARTS) is 1. The molecule has 2 N–H and O–H groups in total. The number of azo groups is 1. The molecular formula is C15H19N5O3. The average molecular weight is 317 g/mol. The number of carbonyl (C=O) groups excluding carboxylic acids is 1. The second-order valence-corrected chi connectivity index (χ2v) is 4.59. The second-order valence-electron chi connectivity index (χ2n) is 4.59. The van der Waals surface area contributed by atoms with Gasteiger partial charge in [-0.2, -0.15) is 10.2 Å². The molecule has 0 bridgehead atoms. The van der Waals surface area contributed by atoms with Crippen LogP contribution in [-0.2, 0) is 16.1 Å². The van der Waals surface area contributed by atoms with Gasteiger partial charge >= 0.3 is 5.97 Å². The van der Waals surface area contributed by atoms with Crippen molar-refractivity contribution < 1.29 is 14.7 Å². The number of hydrogen-bond acceptors (Lipinski definition) is 5. The van der Waals surface area contributed by atoms with Crippen molar-refractivity contribution in [3.05, 3.63) is 35.4 Å². The molecule has 0 unspecified atom stereocenters. The number of carbonyl (C=O) groups is 2. The van der Waals surface area contributed by atoms with Crippen molar-refractivity contribution in [3.8, 4) is 0 Å². The molecule has 8 nitrogen and oxygen atoms in total. The van der Waals surface area contributed by atoms with Crippen molar-refractivity contribution in [2.45, 2.75) is 25.8 Å². The van der Waals surface area contributed by atoms with Crippen LogP contribution in [0.2, 0.25) is 0 Å². The largest absolute Gasteiger partial charge is 0.481 e. The smallest absolute Gasteiger partial charge is 0.303 e. The summed E-state index contributed by atoms with van der Waals surface area (Å²) in [7, 11) is 1.53. The minimum atomic E-state index is -0.899. The van der Waals surface area contributed by atoms with Gasteiger partial charge in [0.25, 0.3) is 0 Å². The molecule has 1 aromatic rings. The van der Waals surface area contributed by atoms with Crippen LogP contribution in [0.25, 0.3) is 0 Å². The van der Waals surface area contributed by atoms with E-state index < -0.39 is 5.97 Å². The maximum Gasteiger partial charge on any atom is 0.303 e. The highest BCUT2D eigenvalue weighted by molar-refractivity contribution is 5.99. The van der Waals surface area contributed by atoms with E-state index in [1.807, 2.05) is 12.1 Å². The lowest BCUT2D eigenvalue weighted by Crippen LogP contribution is -2.22. The predicted molar refractivity (Wildman–Crippen MR) is 86.6 cm³/mol. The van der Waals surface area contributed by atoms with Crippen molar-refractivity contribution in [1.82, 2.24) is 5.32 Å². The normalized spacial score (nSPS) is 11.4. The van der Waals surface area contributed by atoms with Gasteiger partial charge in [-0.3, -0.25) is 9.59 Å². The molecule has 0 aromatic heterocycles. The molecule has 1 rings (SSSR count). The van der Waals surface area contributed by atoms with E-state index in [9.17, 15) is 9.59 Å². The summed E-state index contributed by atoms with van der Waals surface area (Å²) in [6.45, 7) is 3.66. The van der Waals surface area contributed by atoms with Crippen LogP contribution in [0, 0.1) is 0 Å². The number of amides is 1. The third-order valence-corrected chi connectivity index (χ3v) is 2.86. The van der Waals surface area contributed by atoms with Crippen LogP contribution in [0.4, 0.5) is 0 Å². The molecule has 1 aromatic carbocycles. The molecule has 0 fully saturated rings. The fourth-order valence-electron chi connectivity index (χ4n) is 1.76. The summed E-state index contributed by atoms with van der Waals surface area (Å²) in [5, 5.41) is 26.0. The Labute approximate surface area is 134 Å². The fourth-order valence-corrected chi connectivity index (χ4v) is 1.76. The average Bonchev–Trinajstić information content (AvgIpc) is 2.53. The number of hydrogen-bond donors (Lipinski definition) is 2. The SMILES string of the molecule is C=N/N=C(\N=NC)c1ccc(CNC(=O)CCCC(=O)O)cc1. The van der Waals surface area contributed by atoms with E-state index in [-0.39, 0.29) is 18.7 Å². The molecule has 0 saturated heterocycles. The van der Waals surface area contributed by atoms with Crippen LogP contribution < -0.4 is 5.32 Å². The predicted octanol–water partition coefficient (Wildman–Crippen LogP) is 2.00. The number of nitrogens with one attached hydrogen (secondary N) is 1. The molecule has 0 heterocycles. The molecule has 23 heavy (non-hydrogen) atoms. The lowest BCUT2D eigenvalue weighted by Gasteiger charge is -2.06. The molecule has 0 atom stereocenters. The van der Waals surface area contributed by atoms with Gasteiger partial charge in [-0.15, -0.1) is 10.2 Å². The Morgan fingerprint density at radius 1 is 1.22 bits per heavy atom. The summed E-state index contributed by atoms with van der Waals surface area (Å²) >= 11 is 0. The first kappa shape index (κ1) is 18.1. The van der Waals surface area contributed by atoms with E-state index in [4.69, 9.17) is 5.11 Å². The minimum Gasteiger partial charge on any atom is -0.481 e. The standard InChI is InChI=1S/C15H19N5O3/c1-16-19-15(20-17-2)12-8-6-11(7-9-12)10-18-13(21)4-3-5-14(22)23/h6-9H,1,3-5,10H2,2H3,(H,18,21)(H,22,23)/b19-15-,20-17?. The molecule has 0 saturated carbocycles. The number of nitrogens with zero attached hydrogens (tertiary/aromatic N) is 4. The third kappa shape index (κ3) is 7.07. The molecule has 1 amide bonds. The van der Waals surface area contributed by atoms with Crippen molar-refractivity contribution in [3.63, 3.8) is 0 Å². The van der Waals surface area contributed by atoms with Gasteiger partial charge in [-0.05, 0) is 12.0 Å². The van der Waals surface area contributed by atoms with Crippen LogP contribution >= 0.6 is 0 Å². The van der Waals surface area contributed by atoms with Crippen LogP contribution in [0.3, 0.4) is 0 Å². The van der Waals surface area contributed by atoms with E-state index in [0.29, 0.717) is 18.8 Å². The zero-order chi connectivity index (χ0) is 17.1. The van der Waals surface area contributed by atoms with E-state index in [1.54, 1.807) is 12.1 Å². The highest BCUT2D eigenvalue weighted by Gasteiger charge is 2.05. The molecular weight excluding hydrogens is 298 g/mol. The first-order valence-corrected chi connectivity index (χ1v) is 6.98. The minimum absolute atomic E-state index is 0.00640. The molecule has 0 radical (unpaired) electrons. The summed E-state index contributed by atoms with van der Waals surface area (Å²) in [5.74, 6) is -0.718. The summed E-state index contributed by atoms with van der Waals surface area (Å²) in [5.41, 5.74) is 1.64. The van der Waals surface area contributed by atoms with Crippen LogP contribution in [0.15, 0.2) is 44.7 Å². The molecule has 0 aliphatic rings. The molecule has 0 aliphatic heterocycles. The van der Waals surface area contributed by atoms with Gasteiger partial charge in [0.2, 0.25) is 11.7 Å². The number of benzene rings is 1. The summed E-state index contributed by atoms with van der Waals surface area (Å²) in [4.78, 5) is 21.9. The van der Waals surface area contributed by atoms with Gasteiger partial charge in [0.1, 0.15) is 0 Å². The summed E-state index contributed by atoms with van der Waals surface area (Å²) in [6.07, 6.45) is 0.521. The van der Waals surface area contributed by atoms with Gasteiger partial charge in [-0.25, -0.2) is 0 Å². The third-order valence-electron chi connectivity index (χ3n) is 2.86. The molecule has 8 heteroatoms. The maximum atomic E-state index is 11.6. The molecule has 0 aliphatic carbocycles. The van der Waals surface area contributed by atoms with E-state index >= 15 is 0 Å². The Morgan fingerprint density at radius 2 is 1.91 bits per heavy atom. The number of carboxylic acids is 1. The Balaban J connectivity index is 2.54. The lowest BCUT2D eigenvalue weighted by atomic mass is 10.1. The highest BCUT2D eigenvalue weighted by atomic mass is 16.4. The number of aliphatic carboxylic acids is 1. The van der Waals surface area contributed by atoms with E-state index in [1.165, 1.54) is 7.05 Å². The second kappa shape index (κ2) is 9.93. The van der Waals surface area contributed by atoms with E-state index in [0.717, 1.165) is 11.1 Å². The van der Waals surface area contributed by atoms with Gasteiger partial charge in [-0.1, -0.05) is 24.3 Å². The van der Waals surface area contributed by atoms with E-state index in [2.05, 4.69) is 32.5 Å². The zero-order valence-corrected chi connectivity index (χ0v) is 12.9. The molecule has 122 valence electrons. The van der Waals surface area contributed by atoms with Crippen molar-refractivity contribution in [1.29, 1.82) is 0 Å². The Kier molecular flexibility index (Phi) is 7.84. The van der Waals surface area contributed by atoms with Crippen molar-refractivity contribution in [2.75, 3.05) is 7.05 Å². The summed E-state index contributed by atoms with van der Waals surface area (Å²) < 4.78 is 0. The van der Waals surface area contributed by atoms with Gasteiger partial charge in [0.05, 0.1) is 0 Å². The Morgan fingerprint density at radius 3 is 2.48 bits per heavy atom. The van der Waals surface area contributed by atoms with Gasteiger partial charge in [0, 0.05) is 38.7 Å². The zero-order valence-electron chi connectivity index (χ0n) is 12.9. The van der Waals surface area contributed by atoms with Crippen LogP contribution in [-0.4, -0.2) is 36.6 Å². The highest BCUT2D eigenvalue weighted by Crippen LogP contribution is 2.08. The monoisotopic (exact) mass is 317 g/mol. The first-order valence-electron chi connectivity index (χ1n) is 6.98. The fraction of sp³-hybridized carbons (Fsp3) is 0.333. The number of amidine groups is 1. The molecule has 0 spiro atoms. The van der Waals surface area contributed by atoms with Gasteiger partial charge < -0.3 is 10.4 Å². The van der Waals surface area contributed by atoms with Crippen LogP contribution in [0.1, 0.15) is 30.4 Å². The Hall–Kier alpha value is -2.90.